The Morgan fingerprint density at radius 2 is 1.72 bits per heavy atom. The van der Waals surface area contributed by atoms with Gasteiger partial charge in [0.15, 0.2) is 17.3 Å². The number of halogens is 3. The van der Waals surface area contributed by atoms with Crippen molar-refractivity contribution in [1.82, 2.24) is 19.9 Å². The Bertz CT molecular complexity index is 541. The summed E-state index contributed by atoms with van der Waals surface area (Å²) in [4.78, 5) is 14.8. The summed E-state index contributed by atoms with van der Waals surface area (Å²) in [5.74, 6) is -0.147. The van der Waals surface area contributed by atoms with E-state index in [0.29, 0.717) is 0 Å². The molecule has 0 spiro atoms. The molecule has 0 unspecified atom stereocenters. The highest BCUT2D eigenvalue weighted by atomic mass is 19.4. The first-order chi connectivity index (χ1) is 8.52. The number of aromatic nitrogens is 4. The van der Waals surface area contributed by atoms with E-state index in [1.807, 2.05) is 0 Å². The molecule has 0 atom stereocenters. The fourth-order valence-corrected chi connectivity index (χ4v) is 1.32. The van der Waals surface area contributed by atoms with E-state index in [9.17, 15) is 13.2 Å². The first kappa shape index (κ1) is 12.4. The van der Waals surface area contributed by atoms with Crippen LogP contribution >= 0.6 is 0 Å². The summed E-state index contributed by atoms with van der Waals surface area (Å²) in [6.07, 6.45) is -0.742. The molecule has 2 aromatic heterocycles. The van der Waals surface area contributed by atoms with Crippen LogP contribution in [0.25, 0.3) is 11.6 Å². The minimum Gasteiger partial charge on any atom is -0.326 e. The number of nitrogens with zero attached hydrogens (tertiary/aromatic N) is 4. The molecular weight excluding hydrogens is 247 g/mol. The Kier molecular flexibility index (Phi) is 3.19. The van der Waals surface area contributed by atoms with Crippen molar-refractivity contribution in [1.29, 1.82) is 0 Å². The van der Waals surface area contributed by atoms with Gasteiger partial charge in [-0.2, -0.15) is 13.2 Å². The minimum atomic E-state index is -4.58. The largest absolute Gasteiger partial charge is 0.433 e. The second-order valence-corrected chi connectivity index (χ2v) is 3.34. The number of alkyl halides is 3. The Hall–Kier alpha value is -2.09. The molecule has 0 saturated carbocycles. The van der Waals surface area contributed by atoms with E-state index in [-0.39, 0.29) is 23.8 Å². The van der Waals surface area contributed by atoms with Crippen LogP contribution in [0.2, 0.25) is 0 Å². The SMILES string of the molecule is NCc1cnc(-c2ncccn2)nc1C(F)(F)F. The monoisotopic (exact) mass is 255 g/mol. The van der Waals surface area contributed by atoms with Crippen LogP contribution in [0, 0.1) is 0 Å². The molecule has 0 aliphatic carbocycles. The first-order valence-corrected chi connectivity index (χ1v) is 4.93. The molecular formula is C10H8F3N5. The fraction of sp³-hybridized carbons (Fsp3) is 0.200. The summed E-state index contributed by atoms with van der Waals surface area (Å²) < 4.78 is 38.2. The van der Waals surface area contributed by atoms with Crippen molar-refractivity contribution in [2.45, 2.75) is 12.7 Å². The van der Waals surface area contributed by atoms with Crippen molar-refractivity contribution in [3.8, 4) is 11.6 Å². The normalized spacial score (nSPS) is 11.6. The molecule has 0 aliphatic heterocycles. The van der Waals surface area contributed by atoms with Gasteiger partial charge in [0.2, 0.25) is 0 Å². The van der Waals surface area contributed by atoms with E-state index < -0.39 is 11.9 Å². The predicted molar refractivity (Wildman–Crippen MR) is 56.0 cm³/mol. The third kappa shape index (κ3) is 2.43. The number of hydrogen-bond acceptors (Lipinski definition) is 5. The minimum absolute atomic E-state index is 0.0339. The lowest BCUT2D eigenvalue weighted by atomic mass is 10.2. The zero-order valence-corrected chi connectivity index (χ0v) is 9.02. The van der Waals surface area contributed by atoms with Crippen LogP contribution < -0.4 is 5.73 Å². The maximum Gasteiger partial charge on any atom is 0.433 e. The maximum atomic E-state index is 12.7. The second kappa shape index (κ2) is 4.65. The lowest BCUT2D eigenvalue weighted by Gasteiger charge is -2.10. The van der Waals surface area contributed by atoms with Crippen LogP contribution in [-0.4, -0.2) is 19.9 Å². The van der Waals surface area contributed by atoms with Gasteiger partial charge in [0, 0.05) is 30.7 Å². The number of nitrogens with two attached hydrogens (primary N) is 1. The van der Waals surface area contributed by atoms with Crippen molar-refractivity contribution >= 4 is 0 Å². The zero-order valence-electron chi connectivity index (χ0n) is 9.02. The lowest BCUT2D eigenvalue weighted by Crippen LogP contribution is -2.16. The van der Waals surface area contributed by atoms with E-state index in [0.717, 1.165) is 6.20 Å². The molecule has 5 nitrogen and oxygen atoms in total. The van der Waals surface area contributed by atoms with Crippen molar-refractivity contribution in [3.05, 3.63) is 35.9 Å². The summed E-state index contributed by atoms with van der Waals surface area (Å²) in [5.41, 5.74) is 4.01. The summed E-state index contributed by atoms with van der Waals surface area (Å²) in [5, 5.41) is 0. The molecule has 2 N–H and O–H groups in total. The third-order valence-electron chi connectivity index (χ3n) is 2.12. The molecule has 8 heteroatoms. The fourth-order valence-electron chi connectivity index (χ4n) is 1.32. The van der Waals surface area contributed by atoms with Gasteiger partial charge in [-0.15, -0.1) is 0 Å². The smallest absolute Gasteiger partial charge is 0.326 e. The van der Waals surface area contributed by atoms with E-state index in [1.165, 1.54) is 12.4 Å². The van der Waals surface area contributed by atoms with Gasteiger partial charge in [-0.3, -0.25) is 0 Å². The van der Waals surface area contributed by atoms with Crippen molar-refractivity contribution in [2.24, 2.45) is 5.73 Å². The summed E-state index contributed by atoms with van der Waals surface area (Å²) in [7, 11) is 0. The highest BCUT2D eigenvalue weighted by Gasteiger charge is 2.35. The van der Waals surface area contributed by atoms with Gasteiger partial charge in [0.1, 0.15) is 0 Å². The Labute approximate surface area is 99.9 Å². The van der Waals surface area contributed by atoms with Crippen LogP contribution in [0.1, 0.15) is 11.3 Å². The molecule has 0 fully saturated rings. The van der Waals surface area contributed by atoms with Crippen LogP contribution in [0.4, 0.5) is 13.2 Å². The summed E-state index contributed by atoms with van der Waals surface area (Å²) >= 11 is 0. The lowest BCUT2D eigenvalue weighted by molar-refractivity contribution is -0.141. The van der Waals surface area contributed by atoms with Crippen LogP contribution in [0.3, 0.4) is 0 Å². The average molecular weight is 255 g/mol. The second-order valence-electron chi connectivity index (χ2n) is 3.34. The molecule has 2 aromatic rings. The van der Waals surface area contributed by atoms with Crippen molar-refractivity contribution in [3.63, 3.8) is 0 Å². The molecule has 94 valence electrons. The van der Waals surface area contributed by atoms with Crippen molar-refractivity contribution in [2.75, 3.05) is 0 Å². The van der Waals surface area contributed by atoms with E-state index in [1.54, 1.807) is 6.07 Å². The number of hydrogen-bond donors (Lipinski definition) is 1. The molecule has 0 radical (unpaired) electrons. The van der Waals surface area contributed by atoms with Gasteiger partial charge in [-0.25, -0.2) is 19.9 Å². The van der Waals surface area contributed by atoms with Gasteiger partial charge in [0.05, 0.1) is 0 Å². The first-order valence-electron chi connectivity index (χ1n) is 4.93. The van der Waals surface area contributed by atoms with E-state index in [4.69, 9.17) is 5.73 Å². The maximum absolute atomic E-state index is 12.7. The molecule has 0 saturated heterocycles. The predicted octanol–water partition coefficient (Wildman–Crippen LogP) is 1.41. The standard InChI is InChI=1S/C10H8F3N5/c11-10(12,13)7-6(4-14)5-17-9(18-7)8-15-2-1-3-16-8/h1-3,5H,4,14H2. The highest BCUT2D eigenvalue weighted by Crippen LogP contribution is 2.30. The van der Waals surface area contributed by atoms with Crippen LogP contribution in [0.5, 0.6) is 0 Å². The van der Waals surface area contributed by atoms with Crippen LogP contribution in [0.15, 0.2) is 24.7 Å². The molecule has 0 amide bonds. The number of rotatable bonds is 2. The van der Waals surface area contributed by atoms with Gasteiger partial charge < -0.3 is 5.73 Å². The molecule has 0 bridgehead atoms. The molecule has 0 aliphatic rings. The molecule has 2 heterocycles. The van der Waals surface area contributed by atoms with Gasteiger partial charge in [-0.1, -0.05) is 0 Å². The Morgan fingerprint density at radius 3 is 2.28 bits per heavy atom. The van der Waals surface area contributed by atoms with Crippen molar-refractivity contribution < 1.29 is 13.2 Å². The zero-order chi connectivity index (χ0) is 13.2. The quantitative estimate of drug-likeness (QED) is 0.877. The van der Waals surface area contributed by atoms with E-state index >= 15 is 0 Å². The third-order valence-corrected chi connectivity index (χ3v) is 2.12. The molecule has 18 heavy (non-hydrogen) atoms. The topological polar surface area (TPSA) is 77.6 Å². The van der Waals surface area contributed by atoms with Gasteiger partial charge in [-0.05, 0) is 6.07 Å². The van der Waals surface area contributed by atoms with Gasteiger partial charge in [0.25, 0.3) is 0 Å². The summed E-state index contributed by atoms with van der Waals surface area (Å²) in [6.45, 7) is -0.287. The van der Waals surface area contributed by atoms with Crippen LogP contribution in [-0.2, 0) is 12.7 Å². The molecule has 0 aromatic carbocycles. The molecule has 2 rings (SSSR count). The average Bonchev–Trinajstić information content (AvgIpc) is 2.38. The van der Waals surface area contributed by atoms with E-state index in [2.05, 4.69) is 19.9 Å². The highest BCUT2D eigenvalue weighted by molar-refractivity contribution is 5.43. The Balaban J connectivity index is 2.53. The Morgan fingerprint density at radius 1 is 1.06 bits per heavy atom. The summed E-state index contributed by atoms with van der Waals surface area (Å²) in [6, 6.07) is 1.54. The van der Waals surface area contributed by atoms with Gasteiger partial charge >= 0.3 is 6.18 Å².